The molecule has 4 nitrogen and oxygen atoms in total. The second-order valence-electron chi connectivity index (χ2n) is 6.30. The molecule has 4 rings (SSSR count). The smallest absolute Gasteiger partial charge is 0.363 e. The summed E-state index contributed by atoms with van der Waals surface area (Å²) in [7, 11) is 0. The Morgan fingerprint density at radius 1 is 1.03 bits per heavy atom. The fraction of sp³-hybridized carbons (Fsp3) is 0.0435. The molecule has 29 heavy (non-hydrogen) atoms. The van der Waals surface area contributed by atoms with Gasteiger partial charge in [0.2, 0.25) is 5.90 Å². The van der Waals surface area contributed by atoms with Crippen LogP contribution in [0, 0.1) is 3.57 Å². The van der Waals surface area contributed by atoms with E-state index >= 15 is 0 Å². The number of carbonyl (C=O) groups excluding carboxylic acids is 1. The maximum atomic E-state index is 12.2. The van der Waals surface area contributed by atoms with Crippen molar-refractivity contribution >= 4 is 56.5 Å². The van der Waals surface area contributed by atoms with Crippen LogP contribution in [0.1, 0.15) is 16.7 Å². The summed E-state index contributed by atoms with van der Waals surface area (Å²) in [6.07, 6.45) is 1.70. The number of esters is 1. The van der Waals surface area contributed by atoms with E-state index < -0.39 is 5.97 Å². The number of rotatable bonds is 5. The van der Waals surface area contributed by atoms with Crippen LogP contribution in [-0.4, -0.2) is 11.9 Å². The quantitative estimate of drug-likeness (QED) is 0.219. The second-order valence-corrected chi connectivity index (χ2v) is 8.40. The van der Waals surface area contributed by atoms with Gasteiger partial charge in [0, 0.05) is 8.04 Å². The van der Waals surface area contributed by atoms with E-state index in [9.17, 15) is 4.79 Å². The highest BCUT2D eigenvalue weighted by Gasteiger charge is 2.25. The zero-order valence-electron chi connectivity index (χ0n) is 15.1. The standard InChI is InChI=1S/C23H15BrINO3/c24-20-7-2-1-6-19(20)22-26-21(23(27)29-22)13-16-4-3-5-18(12-16)28-14-15-8-10-17(25)11-9-15/h1-13H,14H2/b21-13-. The van der Waals surface area contributed by atoms with Gasteiger partial charge in [-0.15, -0.1) is 0 Å². The molecule has 0 fully saturated rings. The van der Waals surface area contributed by atoms with Crippen LogP contribution in [0.25, 0.3) is 6.08 Å². The summed E-state index contributed by atoms with van der Waals surface area (Å²) in [4.78, 5) is 16.6. The Hall–Kier alpha value is -2.45. The van der Waals surface area contributed by atoms with Gasteiger partial charge in [0.05, 0.1) is 5.56 Å². The molecule has 3 aromatic rings. The van der Waals surface area contributed by atoms with Crippen LogP contribution < -0.4 is 4.74 Å². The van der Waals surface area contributed by atoms with Crippen molar-refractivity contribution in [3.8, 4) is 5.75 Å². The Kier molecular flexibility index (Phi) is 6.10. The molecule has 0 saturated heterocycles. The van der Waals surface area contributed by atoms with Gasteiger partial charge in [0.15, 0.2) is 5.70 Å². The van der Waals surface area contributed by atoms with Crippen molar-refractivity contribution in [1.29, 1.82) is 0 Å². The van der Waals surface area contributed by atoms with Crippen molar-refractivity contribution in [2.75, 3.05) is 0 Å². The number of cyclic esters (lactones) is 1. The van der Waals surface area contributed by atoms with E-state index in [2.05, 4.69) is 43.5 Å². The summed E-state index contributed by atoms with van der Waals surface area (Å²) in [6.45, 7) is 0.476. The second kappa shape index (κ2) is 8.92. The molecular weight excluding hydrogens is 545 g/mol. The van der Waals surface area contributed by atoms with Crippen molar-refractivity contribution in [2.45, 2.75) is 6.61 Å². The minimum atomic E-state index is -0.471. The number of ether oxygens (including phenoxy) is 2. The number of benzene rings is 3. The molecule has 0 atom stereocenters. The van der Waals surface area contributed by atoms with E-state index in [0.717, 1.165) is 26.9 Å². The van der Waals surface area contributed by atoms with Gasteiger partial charge in [-0.25, -0.2) is 9.79 Å². The third-order valence-corrected chi connectivity index (χ3v) is 5.62. The Balaban J connectivity index is 1.52. The van der Waals surface area contributed by atoms with Gasteiger partial charge in [-0.05, 0) is 92.1 Å². The Morgan fingerprint density at radius 3 is 2.62 bits per heavy atom. The third-order valence-electron chi connectivity index (χ3n) is 4.21. The molecule has 0 radical (unpaired) electrons. The van der Waals surface area contributed by atoms with Crippen LogP contribution in [-0.2, 0) is 16.1 Å². The van der Waals surface area contributed by atoms with Gasteiger partial charge < -0.3 is 9.47 Å². The Morgan fingerprint density at radius 2 is 1.83 bits per heavy atom. The van der Waals surface area contributed by atoms with Crippen LogP contribution in [0.3, 0.4) is 0 Å². The molecule has 0 spiro atoms. The molecule has 1 aliphatic rings. The first-order valence-electron chi connectivity index (χ1n) is 8.83. The normalized spacial score (nSPS) is 14.6. The van der Waals surface area contributed by atoms with Gasteiger partial charge in [0.1, 0.15) is 12.4 Å². The summed E-state index contributed by atoms with van der Waals surface area (Å²) in [6, 6.07) is 23.2. The van der Waals surface area contributed by atoms with Crippen molar-refractivity contribution < 1.29 is 14.3 Å². The van der Waals surface area contributed by atoms with Crippen LogP contribution in [0.4, 0.5) is 0 Å². The molecule has 0 amide bonds. The van der Waals surface area contributed by atoms with E-state index in [1.807, 2.05) is 72.8 Å². The summed E-state index contributed by atoms with van der Waals surface area (Å²) in [5.41, 5.74) is 2.90. The minimum absolute atomic E-state index is 0.255. The van der Waals surface area contributed by atoms with Crippen molar-refractivity contribution in [1.82, 2.24) is 0 Å². The van der Waals surface area contributed by atoms with Crippen molar-refractivity contribution in [2.24, 2.45) is 4.99 Å². The predicted octanol–water partition coefficient (Wildman–Crippen LogP) is 5.98. The highest BCUT2D eigenvalue weighted by molar-refractivity contribution is 14.1. The van der Waals surface area contributed by atoms with Gasteiger partial charge >= 0.3 is 5.97 Å². The van der Waals surface area contributed by atoms with Crippen molar-refractivity contribution in [3.05, 3.63) is 103 Å². The number of halogens is 2. The molecule has 0 aliphatic carbocycles. The SMILES string of the molecule is O=C1OC(c2ccccc2Br)=N/C1=C\c1cccc(OCc2ccc(I)cc2)c1. The highest BCUT2D eigenvalue weighted by Crippen LogP contribution is 2.25. The van der Waals surface area contributed by atoms with E-state index in [0.29, 0.717) is 12.5 Å². The number of hydrogen-bond acceptors (Lipinski definition) is 4. The maximum Gasteiger partial charge on any atom is 0.363 e. The first-order valence-corrected chi connectivity index (χ1v) is 10.7. The predicted molar refractivity (Wildman–Crippen MR) is 125 cm³/mol. The van der Waals surface area contributed by atoms with E-state index in [1.165, 1.54) is 3.57 Å². The van der Waals surface area contributed by atoms with Crippen LogP contribution in [0.2, 0.25) is 0 Å². The summed E-state index contributed by atoms with van der Waals surface area (Å²) in [5.74, 6) is 0.542. The molecule has 0 bridgehead atoms. The molecule has 0 saturated carbocycles. The molecule has 3 aromatic carbocycles. The van der Waals surface area contributed by atoms with Gasteiger partial charge in [-0.1, -0.05) is 36.4 Å². The monoisotopic (exact) mass is 559 g/mol. The largest absolute Gasteiger partial charge is 0.489 e. The lowest BCUT2D eigenvalue weighted by atomic mass is 10.2. The zero-order chi connectivity index (χ0) is 20.2. The average molecular weight is 560 g/mol. The van der Waals surface area contributed by atoms with Crippen LogP contribution >= 0.6 is 38.5 Å². The molecule has 0 N–H and O–H groups in total. The maximum absolute atomic E-state index is 12.2. The van der Waals surface area contributed by atoms with E-state index in [1.54, 1.807) is 6.08 Å². The van der Waals surface area contributed by atoms with E-state index in [-0.39, 0.29) is 5.70 Å². The van der Waals surface area contributed by atoms with Crippen LogP contribution in [0.5, 0.6) is 5.75 Å². The van der Waals surface area contributed by atoms with E-state index in [4.69, 9.17) is 9.47 Å². The molecule has 1 heterocycles. The first-order chi connectivity index (χ1) is 14.1. The summed E-state index contributed by atoms with van der Waals surface area (Å²) in [5, 5.41) is 0. The fourth-order valence-electron chi connectivity index (χ4n) is 2.76. The fourth-order valence-corrected chi connectivity index (χ4v) is 3.57. The summed E-state index contributed by atoms with van der Waals surface area (Å²) >= 11 is 5.73. The average Bonchev–Trinajstić information content (AvgIpc) is 3.08. The van der Waals surface area contributed by atoms with Gasteiger partial charge in [-0.2, -0.15) is 0 Å². The third kappa shape index (κ3) is 4.94. The highest BCUT2D eigenvalue weighted by atomic mass is 127. The number of carbonyl (C=O) groups is 1. The first kappa shape index (κ1) is 19.8. The Bertz CT molecular complexity index is 1120. The molecule has 0 aromatic heterocycles. The minimum Gasteiger partial charge on any atom is -0.489 e. The van der Waals surface area contributed by atoms with Gasteiger partial charge in [-0.3, -0.25) is 0 Å². The zero-order valence-corrected chi connectivity index (χ0v) is 18.9. The summed E-state index contributed by atoms with van der Waals surface area (Å²) < 4.78 is 13.2. The molecular formula is C23H15BrINO3. The number of hydrogen-bond donors (Lipinski definition) is 0. The number of aliphatic imine (C=N–C) groups is 1. The Labute approximate surface area is 190 Å². The lowest BCUT2D eigenvalue weighted by Crippen LogP contribution is -2.05. The molecule has 144 valence electrons. The van der Waals surface area contributed by atoms with Crippen LogP contribution in [0.15, 0.2) is 88.0 Å². The molecule has 1 aliphatic heterocycles. The molecule has 6 heteroatoms. The van der Waals surface area contributed by atoms with Gasteiger partial charge in [0.25, 0.3) is 0 Å². The lowest BCUT2D eigenvalue weighted by molar-refractivity contribution is -0.129. The van der Waals surface area contributed by atoms with Crippen molar-refractivity contribution in [3.63, 3.8) is 0 Å². The number of nitrogens with zero attached hydrogens (tertiary/aromatic N) is 1. The topological polar surface area (TPSA) is 47.9 Å². The lowest BCUT2D eigenvalue weighted by Gasteiger charge is -2.07. The molecule has 0 unspecified atom stereocenters.